The maximum Gasteiger partial charge on any atom is 0.333 e. The van der Waals surface area contributed by atoms with Crippen LogP contribution in [-0.4, -0.2) is 35.4 Å². The molecule has 16 heteroatoms. The van der Waals surface area contributed by atoms with Crippen LogP contribution in [0.3, 0.4) is 0 Å². The predicted octanol–water partition coefficient (Wildman–Crippen LogP) is 12.5. The summed E-state index contributed by atoms with van der Waals surface area (Å²) >= 11 is 2.00. The molecular weight excluding hydrogens is 1120 g/mol. The Morgan fingerprint density at radius 2 is 0.663 bits per heavy atom. The number of rotatable bonds is 14. The van der Waals surface area contributed by atoms with Crippen molar-refractivity contribution in [3.8, 4) is 24.3 Å². The molecule has 0 atom stereocenters. The molecular formula is C70H40N4O10S2. The SMILES string of the molecule is N#CC(C#N)=C1/C(=C/C2=Cc3sc4c5c(sc4c3C2(C(=O)OCc2ccccc2)C(=O)OCc2ccccc2)C=C(/C=C2\C(=O)c3ccccc3C2=C(C#N)C#N)C5(C(=O)OCc2ccccc2)C(=O)OCc2ccccc2)C(=O)c2ccccc21. The fraction of sp³-hybridized carbons (Fsp3) is 0.0857. The fourth-order valence-electron chi connectivity index (χ4n) is 11.3. The maximum atomic E-state index is 15.9. The van der Waals surface area contributed by atoms with Crippen LogP contribution in [0.25, 0.3) is 32.7 Å². The van der Waals surface area contributed by atoms with Crippen molar-refractivity contribution in [1.82, 2.24) is 0 Å². The molecule has 0 spiro atoms. The first kappa shape index (κ1) is 55.2. The molecule has 4 aliphatic rings. The van der Waals surface area contributed by atoms with E-state index in [2.05, 4.69) is 0 Å². The van der Waals surface area contributed by atoms with Gasteiger partial charge in [0.1, 0.15) is 61.9 Å². The van der Waals surface area contributed by atoms with E-state index < -0.39 is 57.4 Å². The Hall–Kier alpha value is -11.4. The number of ether oxygens (including phenoxy) is 4. The maximum absolute atomic E-state index is 15.9. The number of carbonyl (C=O) groups is 6. The Bertz CT molecular complexity index is 4190. The van der Waals surface area contributed by atoms with Gasteiger partial charge in [-0.15, -0.1) is 22.7 Å². The minimum Gasteiger partial charge on any atom is -0.459 e. The molecule has 0 amide bonds. The number of carbonyl (C=O) groups excluding carboxylic acids is 6. The molecule has 0 radical (unpaired) electrons. The van der Waals surface area contributed by atoms with E-state index in [4.69, 9.17) is 18.9 Å². The number of esters is 4. The Morgan fingerprint density at radius 1 is 0.395 bits per heavy atom. The average Bonchev–Trinajstić information content (AvgIpc) is 1.57. The third-order valence-corrected chi connectivity index (χ3v) is 17.7. The molecule has 14 nitrogen and oxygen atoms in total. The highest BCUT2D eigenvalue weighted by Crippen LogP contribution is 2.61. The third kappa shape index (κ3) is 9.07. The summed E-state index contributed by atoms with van der Waals surface area (Å²) in [6, 6.07) is 55.3. The first-order valence-electron chi connectivity index (χ1n) is 26.7. The summed E-state index contributed by atoms with van der Waals surface area (Å²) in [5, 5.41) is 41.5. The first-order valence-corrected chi connectivity index (χ1v) is 28.3. The molecule has 0 unspecified atom stereocenters. The van der Waals surface area contributed by atoms with Crippen LogP contribution in [0.2, 0.25) is 0 Å². The van der Waals surface area contributed by atoms with Crippen LogP contribution in [-0.2, 0) is 75.4 Å². The van der Waals surface area contributed by atoms with E-state index >= 15 is 19.2 Å². The normalized spacial score (nSPS) is 15.4. The van der Waals surface area contributed by atoms with Gasteiger partial charge in [-0.25, -0.2) is 0 Å². The van der Waals surface area contributed by atoms with E-state index in [-0.39, 0.29) is 112 Å². The standard InChI is InChI=1S/C70H40N4O10S2/c71-33-45(34-72)57-49-25-13-15-27-51(49)61(75)53(57)29-47-31-55-59(69(47,65(77)81-37-41-17-5-1-6-18-41)66(78)82-38-42-19-7-2-8-20-42)63-64(85-55)60-56(86-63)32-48(30-54-58(46(35-73)36-74)50-26-14-16-28-52(50)62(54)76)70(60,67(79)83-39-43-21-9-3-10-22-43)68(80)84-40-44-23-11-4-12-24-44/h1-32H,37-40H2/b53-29-,54-30-. The van der Waals surface area contributed by atoms with Crippen molar-refractivity contribution in [1.29, 1.82) is 21.0 Å². The van der Waals surface area contributed by atoms with E-state index in [1.807, 2.05) is 24.3 Å². The Labute approximate surface area is 499 Å². The lowest BCUT2D eigenvalue weighted by atomic mass is 9.75. The summed E-state index contributed by atoms with van der Waals surface area (Å²) in [6.45, 7) is -1.36. The van der Waals surface area contributed by atoms with Gasteiger partial charge in [0.15, 0.2) is 11.6 Å². The van der Waals surface area contributed by atoms with Crippen LogP contribution < -0.4 is 0 Å². The van der Waals surface area contributed by atoms with E-state index in [9.17, 15) is 30.6 Å². The van der Waals surface area contributed by atoms with Crippen molar-refractivity contribution >= 4 is 90.8 Å². The van der Waals surface area contributed by atoms with E-state index in [1.54, 1.807) is 170 Å². The second kappa shape index (κ2) is 22.7. The number of hydrogen-bond acceptors (Lipinski definition) is 16. The number of allylic oxidation sites excluding steroid dienone is 8. The van der Waals surface area contributed by atoms with Crippen LogP contribution in [0.5, 0.6) is 0 Å². The molecule has 86 heavy (non-hydrogen) atoms. The Balaban J connectivity index is 1.14. The Kier molecular flexibility index (Phi) is 14.6. The van der Waals surface area contributed by atoms with E-state index in [0.717, 1.165) is 22.7 Å². The summed E-state index contributed by atoms with van der Waals surface area (Å²) in [6.07, 6.45) is 5.65. The summed E-state index contributed by atoms with van der Waals surface area (Å²) < 4.78 is 25.3. The second-order valence-electron chi connectivity index (χ2n) is 20.1. The second-order valence-corrected chi connectivity index (χ2v) is 22.2. The summed E-state index contributed by atoms with van der Waals surface area (Å²) in [4.78, 5) is 93.6. The monoisotopic (exact) mass is 1160 g/mol. The van der Waals surface area contributed by atoms with Gasteiger partial charge in [-0.05, 0) is 68.8 Å². The minimum atomic E-state index is -2.62. The number of ketones is 2. The summed E-state index contributed by atoms with van der Waals surface area (Å²) in [5.41, 5.74) is -3.49. The molecule has 6 aromatic carbocycles. The van der Waals surface area contributed by atoms with Crippen molar-refractivity contribution in [3.63, 3.8) is 0 Å². The molecule has 2 aromatic heterocycles. The molecule has 2 heterocycles. The lowest BCUT2D eigenvalue weighted by Crippen LogP contribution is -2.46. The van der Waals surface area contributed by atoms with Gasteiger partial charge in [-0.1, -0.05) is 170 Å². The zero-order valence-electron chi connectivity index (χ0n) is 45.0. The van der Waals surface area contributed by atoms with Crippen molar-refractivity contribution < 1.29 is 47.7 Å². The number of Topliss-reactive ketones (excluding diaryl/α,β-unsaturated/α-hetero) is 2. The smallest absolute Gasteiger partial charge is 0.333 e. The number of hydrogen-bond donors (Lipinski definition) is 0. The molecule has 412 valence electrons. The van der Waals surface area contributed by atoms with Crippen molar-refractivity contribution in [2.24, 2.45) is 0 Å². The van der Waals surface area contributed by atoms with Gasteiger partial charge in [0.25, 0.3) is 0 Å². The zero-order valence-corrected chi connectivity index (χ0v) is 46.6. The molecule has 0 aliphatic heterocycles. The molecule has 0 fully saturated rings. The lowest BCUT2D eigenvalue weighted by Gasteiger charge is -2.29. The first-order chi connectivity index (χ1) is 42.0. The number of nitrogens with zero attached hydrogens (tertiary/aromatic N) is 4. The van der Waals surface area contributed by atoms with Gasteiger partial charge in [-0.2, -0.15) is 21.0 Å². The molecule has 0 saturated carbocycles. The average molecular weight is 1160 g/mol. The van der Waals surface area contributed by atoms with Gasteiger partial charge in [-0.3, -0.25) is 28.8 Å². The zero-order chi connectivity index (χ0) is 59.7. The van der Waals surface area contributed by atoms with Crippen molar-refractivity contribution in [2.45, 2.75) is 37.3 Å². The predicted molar refractivity (Wildman–Crippen MR) is 318 cm³/mol. The molecule has 0 saturated heterocycles. The van der Waals surface area contributed by atoms with Gasteiger partial charge < -0.3 is 18.9 Å². The molecule has 0 N–H and O–H groups in total. The van der Waals surface area contributed by atoms with Gasteiger partial charge in [0.2, 0.25) is 10.8 Å². The molecule has 12 rings (SSSR count). The number of nitriles is 4. The highest BCUT2D eigenvalue weighted by molar-refractivity contribution is 7.29. The topological polar surface area (TPSA) is 234 Å². The molecule has 4 aliphatic carbocycles. The van der Waals surface area contributed by atoms with Crippen molar-refractivity contribution in [2.75, 3.05) is 0 Å². The van der Waals surface area contributed by atoms with E-state index in [0.29, 0.717) is 22.3 Å². The summed E-state index contributed by atoms with van der Waals surface area (Å²) in [7, 11) is 0. The van der Waals surface area contributed by atoms with Crippen LogP contribution in [0, 0.1) is 45.3 Å². The minimum absolute atomic E-state index is 0.0192. The Morgan fingerprint density at radius 3 is 0.942 bits per heavy atom. The number of benzene rings is 6. The highest BCUT2D eigenvalue weighted by Gasteiger charge is 2.63. The quantitative estimate of drug-likeness (QED) is 0.0324. The largest absolute Gasteiger partial charge is 0.459 e. The number of thiophene rings is 2. The van der Waals surface area contributed by atoms with Crippen LogP contribution in [0.1, 0.15) is 75.0 Å². The number of fused-ring (bicyclic) bond motifs is 7. The van der Waals surface area contributed by atoms with Crippen LogP contribution >= 0.6 is 22.7 Å². The lowest BCUT2D eigenvalue weighted by molar-refractivity contribution is -0.166. The highest BCUT2D eigenvalue weighted by atomic mass is 32.1. The molecule has 8 aromatic rings. The van der Waals surface area contributed by atoms with Gasteiger partial charge >= 0.3 is 23.9 Å². The van der Waals surface area contributed by atoms with Crippen LogP contribution in [0.15, 0.2) is 215 Å². The third-order valence-electron chi connectivity index (χ3n) is 15.3. The van der Waals surface area contributed by atoms with Gasteiger partial charge in [0, 0.05) is 54.3 Å². The van der Waals surface area contributed by atoms with Crippen LogP contribution in [0.4, 0.5) is 0 Å². The van der Waals surface area contributed by atoms with E-state index in [1.165, 1.54) is 24.3 Å². The van der Waals surface area contributed by atoms with Gasteiger partial charge in [0.05, 0.1) is 9.40 Å². The fourth-order valence-corrected chi connectivity index (χ4v) is 14.4. The van der Waals surface area contributed by atoms with Crippen molar-refractivity contribution in [3.05, 3.63) is 281 Å². The molecule has 0 bridgehead atoms. The summed E-state index contributed by atoms with van der Waals surface area (Å²) in [5.74, 6) is -5.74.